The first kappa shape index (κ1) is 36.1. The van der Waals surface area contributed by atoms with Crippen molar-refractivity contribution in [2.45, 2.75) is 79.8 Å². The van der Waals surface area contributed by atoms with E-state index in [9.17, 15) is 22.0 Å². The summed E-state index contributed by atoms with van der Waals surface area (Å²) in [6, 6.07) is 0. The van der Waals surface area contributed by atoms with Crippen molar-refractivity contribution in [2.75, 3.05) is 53.4 Å². The van der Waals surface area contributed by atoms with Crippen molar-refractivity contribution in [1.29, 1.82) is 0 Å². The SMILES string of the molecule is CC(F)F.CC1CCOC1.CC1CCOCC1.CC1COC1.CCC(F)(F)F.CCOC. The van der Waals surface area contributed by atoms with Crippen LogP contribution in [0.1, 0.15) is 67.2 Å². The van der Waals surface area contributed by atoms with Gasteiger partial charge in [0.05, 0.1) is 13.2 Å². The summed E-state index contributed by atoms with van der Waals surface area (Å²) in [5.41, 5.74) is 0. The molecule has 3 fully saturated rings. The summed E-state index contributed by atoms with van der Waals surface area (Å²) in [4.78, 5) is 0. The molecule has 3 rings (SSSR count). The highest BCUT2D eigenvalue weighted by atomic mass is 19.4. The first-order chi connectivity index (χ1) is 14.9. The lowest BCUT2D eigenvalue weighted by Crippen LogP contribution is -2.23. The van der Waals surface area contributed by atoms with Gasteiger partial charge in [0.15, 0.2) is 0 Å². The third kappa shape index (κ3) is 39.9. The number of halogens is 5. The predicted octanol–water partition coefficient (Wildman–Crippen LogP) is 7.01. The molecule has 3 aliphatic heterocycles. The number of methoxy groups -OCH3 is 1. The highest BCUT2D eigenvalue weighted by Crippen LogP contribution is 2.17. The molecule has 0 spiro atoms. The molecule has 0 amide bonds. The van der Waals surface area contributed by atoms with Crippen LogP contribution in [0.4, 0.5) is 22.0 Å². The fourth-order valence-corrected chi connectivity index (χ4v) is 1.82. The molecule has 4 nitrogen and oxygen atoms in total. The highest BCUT2D eigenvalue weighted by Gasteiger charge is 2.22. The third-order valence-corrected chi connectivity index (χ3v) is 4.16. The topological polar surface area (TPSA) is 36.9 Å². The van der Waals surface area contributed by atoms with Crippen molar-refractivity contribution < 1.29 is 40.9 Å². The van der Waals surface area contributed by atoms with E-state index in [2.05, 4.69) is 25.5 Å². The molecule has 0 aromatic heterocycles. The Morgan fingerprint density at radius 2 is 1.12 bits per heavy atom. The van der Waals surface area contributed by atoms with Crippen molar-refractivity contribution in [2.24, 2.45) is 17.8 Å². The molecule has 0 bridgehead atoms. The van der Waals surface area contributed by atoms with Crippen molar-refractivity contribution in [1.82, 2.24) is 0 Å². The Bertz CT molecular complexity index is 337. The van der Waals surface area contributed by atoms with Gasteiger partial charge in [0.25, 0.3) is 0 Å². The van der Waals surface area contributed by atoms with E-state index < -0.39 is 19.0 Å². The molecule has 1 unspecified atom stereocenters. The molecule has 198 valence electrons. The summed E-state index contributed by atoms with van der Waals surface area (Å²) >= 11 is 0. The van der Waals surface area contributed by atoms with Crippen LogP contribution < -0.4 is 0 Å². The van der Waals surface area contributed by atoms with Crippen molar-refractivity contribution >= 4 is 0 Å². The zero-order valence-electron chi connectivity index (χ0n) is 21.1. The number of ether oxygens (including phenoxy) is 4. The average molecular weight is 483 g/mol. The largest absolute Gasteiger partial charge is 0.388 e. The summed E-state index contributed by atoms with van der Waals surface area (Å²) in [5.74, 6) is 2.58. The van der Waals surface area contributed by atoms with E-state index >= 15 is 0 Å². The fourth-order valence-electron chi connectivity index (χ4n) is 1.82. The van der Waals surface area contributed by atoms with Crippen LogP contribution in [0, 0.1) is 17.8 Å². The number of rotatable bonds is 1. The van der Waals surface area contributed by atoms with Crippen molar-refractivity contribution in [3.05, 3.63) is 0 Å². The Morgan fingerprint density at radius 1 is 0.781 bits per heavy atom. The molecular formula is C23H47F5O4. The highest BCUT2D eigenvalue weighted by molar-refractivity contribution is 4.57. The maximum Gasteiger partial charge on any atom is 0.388 e. The molecular weight excluding hydrogens is 435 g/mol. The molecule has 0 aliphatic carbocycles. The monoisotopic (exact) mass is 482 g/mol. The number of hydrogen-bond acceptors (Lipinski definition) is 4. The van der Waals surface area contributed by atoms with Crippen LogP contribution in [0.2, 0.25) is 0 Å². The minimum atomic E-state index is -3.96. The first-order valence-corrected chi connectivity index (χ1v) is 11.5. The molecule has 3 heterocycles. The minimum Gasteiger partial charge on any atom is -0.385 e. The van der Waals surface area contributed by atoms with Gasteiger partial charge in [0, 0.05) is 52.5 Å². The molecule has 0 aromatic rings. The maximum absolute atomic E-state index is 10.8. The van der Waals surface area contributed by atoms with E-state index in [1.165, 1.54) is 19.3 Å². The Kier molecular flexibility index (Phi) is 28.3. The number of hydrogen-bond donors (Lipinski definition) is 0. The van der Waals surface area contributed by atoms with E-state index in [4.69, 9.17) is 14.2 Å². The fraction of sp³-hybridized carbons (Fsp3) is 1.00. The summed E-state index contributed by atoms with van der Waals surface area (Å²) < 4.78 is 72.6. The second kappa shape index (κ2) is 25.1. The van der Waals surface area contributed by atoms with Gasteiger partial charge in [-0.05, 0) is 44.9 Å². The third-order valence-electron chi connectivity index (χ3n) is 4.16. The van der Waals surface area contributed by atoms with E-state index in [1.54, 1.807) is 7.11 Å². The molecule has 9 heteroatoms. The van der Waals surface area contributed by atoms with Crippen LogP contribution in [0.25, 0.3) is 0 Å². The van der Waals surface area contributed by atoms with Crippen LogP contribution in [0.5, 0.6) is 0 Å². The van der Waals surface area contributed by atoms with Gasteiger partial charge in [0.2, 0.25) is 6.43 Å². The Balaban J connectivity index is -0.000000320. The molecule has 0 saturated carbocycles. The van der Waals surface area contributed by atoms with Gasteiger partial charge in [-0.1, -0.05) is 27.7 Å². The zero-order chi connectivity index (χ0) is 25.4. The number of alkyl halides is 5. The summed E-state index contributed by atoms with van der Waals surface area (Å²) in [6.07, 6.45) is -3.06. The zero-order valence-corrected chi connectivity index (χ0v) is 21.1. The quantitative estimate of drug-likeness (QED) is 0.377. The summed E-state index contributed by atoms with van der Waals surface area (Å²) in [5, 5.41) is 0. The molecule has 0 aromatic carbocycles. The van der Waals surface area contributed by atoms with Crippen LogP contribution in [0.15, 0.2) is 0 Å². The second-order valence-electron chi connectivity index (χ2n) is 7.97. The standard InChI is InChI=1S/C6H12O.C5H10O.C4H8O.C3H5F3.C3H8O.C2H4F2/c1-6-2-4-7-5-3-6;1-5-2-3-6-4-5;1-4-2-5-3-4;1-2-3(4,5)6;1-3-4-2;1-2(3)4/h6H,2-5H2,1H3;5H,2-4H2,1H3;4H,2-3H2,1H3;2H2,1H3;3H2,1-2H3;2H,1H3. The molecule has 0 N–H and O–H groups in total. The van der Waals surface area contributed by atoms with Crippen LogP contribution in [-0.4, -0.2) is 66.0 Å². The average Bonchev–Trinajstić information content (AvgIpc) is 3.18. The van der Waals surface area contributed by atoms with Crippen LogP contribution in [-0.2, 0) is 18.9 Å². The van der Waals surface area contributed by atoms with Gasteiger partial charge < -0.3 is 18.9 Å². The lowest BCUT2D eigenvalue weighted by atomic mass is 10.0. The Morgan fingerprint density at radius 3 is 1.22 bits per heavy atom. The second-order valence-corrected chi connectivity index (χ2v) is 7.97. The van der Waals surface area contributed by atoms with Gasteiger partial charge in [-0.3, -0.25) is 0 Å². The summed E-state index contributed by atoms with van der Waals surface area (Å²) in [6.45, 7) is 17.3. The Labute approximate surface area is 192 Å². The molecule has 32 heavy (non-hydrogen) atoms. The van der Waals surface area contributed by atoms with Gasteiger partial charge in [-0.2, -0.15) is 13.2 Å². The summed E-state index contributed by atoms with van der Waals surface area (Å²) in [7, 11) is 1.68. The van der Waals surface area contributed by atoms with Gasteiger partial charge >= 0.3 is 6.18 Å². The van der Waals surface area contributed by atoms with E-state index in [1.807, 2.05) is 6.92 Å². The first-order valence-electron chi connectivity index (χ1n) is 11.5. The van der Waals surface area contributed by atoms with E-state index in [0.717, 1.165) is 77.8 Å². The molecule has 3 aliphatic rings. The van der Waals surface area contributed by atoms with Gasteiger partial charge in [-0.15, -0.1) is 0 Å². The normalized spacial score (nSPS) is 20.3. The van der Waals surface area contributed by atoms with Crippen molar-refractivity contribution in [3.63, 3.8) is 0 Å². The smallest absolute Gasteiger partial charge is 0.385 e. The maximum atomic E-state index is 10.8. The predicted molar refractivity (Wildman–Crippen MR) is 119 cm³/mol. The Hall–Kier alpha value is -0.510. The molecule has 1 atom stereocenters. The molecule has 0 radical (unpaired) electrons. The van der Waals surface area contributed by atoms with E-state index in [0.29, 0.717) is 0 Å². The molecule has 3 saturated heterocycles. The van der Waals surface area contributed by atoms with E-state index in [-0.39, 0.29) is 0 Å². The van der Waals surface area contributed by atoms with Crippen LogP contribution in [0.3, 0.4) is 0 Å². The van der Waals surface area contributed by atoms with Crippen LogP contribution >= 0.6 is 0 Å². The minimum absolute atomic E-state index is 0.729. The van der Waals surface area contributed by atoms with Gasteiger partial charge in [-0.25, -0.2) is 8.78 Å². The van der Waals surface area contributed by atoms with Gasteiger partial charge in [0.1, 0.15) is 0 Å². The lowest BCUT2D eigenvalue weighted by molar-refractivity contribution is -0.130. The van der Waals surface area contributed by atoms with Crippen molar-refractivity contribution in [3.8, 4) is 0 Å². The lowest BCUT2D eigenvalue weighted by Gasteiger charge is -2.20.